The average molecular weight is 507 g/mol. The SMILES string of the molecule is c1cc(N2CCCCC2)c2cc(-c3n[nH]c4ccc(-c5cncc(CNCC6CCCC6)c5)nc34)[nH]c2n1. The van der Waals surface area contributed by atoms with Gasteiger partial charge in [-0.15, -0.1) is 0 Å². The number of hydrogen-bond acceptors (Lipinski definition) is 6. The molecule has 0 bridgehead atoms. The van der Waals surface area contributed by atoms with E-state index in [1.165, 1.54) is 56.2 Å². The van der Waals surface area contributed by atoms with Crippen molar-refractivity contribution in [1.29, 1.82) is 0 Å². The van der Waals surface area contributed by atoms with E-state index in [1.807, 2.05) is 24.7 Å². The van der Waals surface area contributed by atoms with Crippen molar-refractivity contribution in [3.8, 4) is 22.6 Å². The lowest BCUT2D eigenvalue weighted by Crippen LogP contribution is -2.29. The zero-order chi connectivity index (χ0) is 25.3. The van der Waals surface area contributed by atoms with E-state index in [4.69, 9.17) is 4.98 Å². The predicted molar refractivity (Wildman–Crippen MR) is 152 cm³/mol. The maximum Gasteiger partial charge on any atom is 0.139 e. The standard InChI is InChI=1S/C30H34N8/c1-4-12-38(13-5-1)27-10-11-33-30-23(27)15-26(35-30)29-28-25(36-37-29)9-8-24(34-28)22-14-21(18-32-19-22)17-31-16-20-6-2-3-7-20/h8-11,14-15,18-20,31H,1-7,12-13,16-17H2,(H,33,35)(H,36,37). The molecule has 1 aliphatic carbocycles. The number of piperidine rings is 1. The van der Waals surface area contributed by atoms with Crippen molar-refractivity contribution in [2.24, 2.45) is 5.92 Å². The lowest BCUT2D eigenvalue weighted by molar-refractivity contribution is 0.489. The van der Waals surface area contributed by atoms with Crippen molar-refractivity contribution >= 4 is 27.8 Å². The fraction of sp³-hybridized carbons (Fsp3) is 0.400. The highest BCUT2D eigenvalue weighted by atomic mass is 15.1. The van der Waals surface area contributed by atoms with Gasteiger partial charge in [-0.3, -0.25) is 10.1 Å². The maximum atomic E-state index is 5.04. The Balaban J connectivity index is 1.18. The molecule has 0 unspecified atom stereocenters. The number of pyridine rings is 3. The number of aromatic amines is 2. The van der Waals surface area contributed by atoms with Crippen LogP contribution in [0.5, 0.6) is 0 Å². The maximum absolute atomic E-state index is 5.04. The summed E-state index contributed by atoms with van der Waals surface area (Å²) in [6.07, 6.45) is 15.0. The summed E-state index contributed by atoms with van der Waals surface area (Å²) in [6.45, 7) is 4.11. The van der Waals surface area contributed by atoms with E-state index >= 15 is 0 Å². The van der Waals surface area contributed by atoms with Gasteiger partial charge in [-0.25, -0.2) is 9.97 Å². The molecule has 5 aromatic heterocycles. The molecule has 2 aliphatic rings. The van der Waals surface area contributed by atoms with Crippen molar-refractivity contribution in [2.45, 2.75) is 51.5 Å². The zero-order valence-electron chi connectivity index (χ0n) is 21.7. The van der Waals surface area contributed by atoms with Gasteiger partial charge in [-0.05, 0) is 80.5 Å². The van der Waals surface area contributed by atoms with Crippen molar-refractivity contribution in [1.82, 2.24) is 35.5 Å². The van der Waals surface area contributed by atoms with E-state index in [9.17, 15) is 0 Å². The van der Waals surface area contributed by atoms with E-state index in [0.717, 1.165) is 76.8 Å². The summed E-state index contributed by atoms with van der Waals surface area (Å²) < 4.78 is 0. The predicted octanol–water partition coefficient (Wildman–Crippen LogP) is 5.83. The first-order chi connectivity index (χ1) is 18.8. The first-order valence-corrected chi connectivity index (χ1v) is 14.0. The molecule has 7 rings (SSSR count). The molecule has 6 heterocycles. The summed E-state index contributed by atoms with van der Waals surface area (Å²) in [6, 6.07) is 10.6. The highest BCUT2D eigenvalue weighted by Crippen LogP contribution is 2.33. The Kier molecular flexibility index (Phi) is 6.25. The van der Waals surface area contributed by atoms with Gasteiger partial charge in [0.25, 0.3) is 0 Å². The van der Waals surface area contributed by atoms with E-state index in [2.05, 4.69) is 59.6 Å². The molecule has 3 N–H and O–H groups in total. The van der Waals surface area contributed by atoms with Crippen LogP contribution in [0.15, 0.2) is 48.9 Å². The zero-order valence-corrected chi connectivity index (χ0v) is 21.7. The quantitative estimate of drug-likeness (QED) is 0.257. The fourth-order valence-electron chi connectivity index (χ4n) is 6.16. The number of H-pyrrole nitrogens is 2. The molecule has 0 amide bonds. The molecular formula is C30H34N8. The van der Waals surface area contributed by atoms with E-state index in [-0.39, 0.29) is 0 Å². The lowest BCUT2D eigenvalue weighted by Gasteiger charge is -2.29. The Morgan fingerprint density at radius 2 is 1.87 bits per heavy atom. The van der Waals surface area contributed by atoms with E-state index in [1.54, 1.807) is 0 Å². The lowest BCUT2D eigenvalue weighted by atomic mass is 10.1. The molecule has 5 aromatic rings. The Morgan fingerprint density at radius 3 is 2.76 bits per heavy atom. The molecule has 8 heteroatoms. The number of nitrogens with zero attached hydrogens (tertiary/aromatic N) is 5. The molecule has 0 atom stereocenters. The van der Waals surface area contributed by atoms with E-state index < -0.39 is 0 Å². The van der Waals surface area contributed by atoms with Gasteiger partial charge >= 0.3 is 0 Å². The third kappa shape index (κ3) is 4.53. The molecule has 0 radical (unpaired) electrons. The largest absolute Gasteiger partial charge is 0.371 e. The summed E-state index contributed by atoms with van der Waals surface area (Å²) in [7, 11) is 0. The Morgan fingerprint density at radius 1 is 0.974 bits per heavy atom. The monoisotopic (exact) mass is 506 g/mol. The highest BCUT2D eigenvalue weighted by Gasteiger charge is 2.19. The van der Waals surface area contributed by atoms with Crippen molar-refractivity contribution < 1.29 is 0 Å². The third-order valence-electron chi connectivity index (χ3n) is 8.20. The van der Waals surface area contributed by atoms with E-state index in [0.29, 0.717) is 0 Å². The molecular weight excluding hydrogens is 472 g/mol. The van der Waals surface area contributed by atoms with Crippen LogP contribution in [0.3, 0.4) is 0 Å². The third-order valence-corrected chi connectivity index (χ3v) is 8.20. The minimum absolute atomic E-state index is 0.812. The van der Waals surface area contributed by atoms with Gasteiger partial charge in [0.05, 0.1) is 16.9 Å². The van der Waals surface area contributed by atoms with Gasteiger partial charge in [0.15, 0.2) is 0 Å². The van der Waals surface area contributed by atoms with Gasteiger partial charge in [0.2, 0.25) is 0 Å². The van der Waals surface area contributed by atoms with Crippen LogP contribution in [0, 0.1) is 5.92 Å². The summed E-state index contributed by atoms with van der Waals surface area (Å²) in [4.78, 5) is 20.2. The van der Waals surface area contributed by atoms with Gasteiger partial charge in [-0.2, -0.15) is 5.10 Å². The minimum Gasteiger partial charge on any atom is -0.371 e. The van der Waals surface area contributed by atoms with Crippen molar-refractivity contribution in [2.75, 3.05) is 24.5 Å². The number of hydrogen-bond donors (Lipinski definition) is 3. The first-order valence-electron chi connectivity index (χ1n) is 14.0. The van der Waals surface area contributed by atoms with Crippen LogP contribution in [0.25, 0.3) is 44.7 Å². The second-order valence-corrected chi connectivity index (χ2v) is 10.9. The molecule has 2 fully saturated rings. The minimum atomic E-state index is 0.812. The van der Waals surface area contributed by atoms with Crippen LogP contribution in [0.4, 0.5) is 5.69 Å². The number of aromatic nitrogens is 6. The number of rotatable bonds is 7. The van der Waals surface area contributed by atoms with Crippen LogP contribution in [-0.4, -0.2) is 49.8 Å². The Labute approximate surface area is 222 Å². The number of anilines is 1. The Bertz CT molecular complexity index is 1560. The second-order valence-electron chi connectivity index (χ2n) is 10.9. The molecule has 1 saturated heterocycles. The van der Waals surface area contributed by atoms with Gasteiger partial charge in [0, 0.05) is 54.9 Å². The summed E-state index contributed by atoms with van der Waals surface area (Å²) in [5.41, 5.74) is 8.72. The summed E-state index contributed by atoms with van der Waals surface area (Å²) >= 11 is 0. The fourth-order valence-corrected chi connectivity index (χ4v) is 6.16. The summed E-state index contributed by atoms with van der Waals surface area (Å²) in [5, 5.41) is 12.6. The molecule has 1 aliphatic heterocycles. The molecule has 194 valence electrons. The van der Waals surface area contributed by atoms with Crippen LogP contribution < -0.4 is 10.2 Å². The first kappa shape index (κ1) is 23.3. The van der Waals surface area contributed by atoms with Gasteiger partial charge in [-0.1, -0.05) is 12.8 Å². The normalized spacial score (nSPS) is 16.7. The summed E-state index contributed by atoms with van der Waals surface area (Å²) in [5.74, 6) is 0.825. The topological polar surface area (TPSA) is 98.4 Å². The smallest absolute Gasteiger partial charge is 0.139 e. The van der Waals surface area contributed by atoms with Crippen LogP contribution in [0.1, 0.15) is 50.5 Å². The van der Waals surface area contributed by atoms with Crippen LogP contribution in [-0.2, 0) is 6.54 Å². The van der Waals surface area contributed by atoms with Crippen LogP contribution in [0.2, 0.25) is 0 Å². The van der Waals surface area contributed by atoms with Crippen molar-refractivity contribution in [3.63, 3.8) is 0 Å². The van der Waals surface area contributed by atoms with Gasteiger partial charge < -0.3 is 15.2 Å². The van der Waals surface area contributed by atoms with Gasteiger partial charge in [0.1, 0.15) is 16.9 Å². The highest BCUT2D eigenvalue weighted by molar-refractivity contribution is 5.97. The average Bonchev–Trinajstić information content (AvgIpc) is 3.73. The molecule has 1 saturated carbocycles. The van der Waals surface area contributed by atoms with Crippen LogP contribution >= 0.6 is 0 Å². The second kappa shape index (κ2) is 10.2. The molecule has 0 aromatic carbocycles. The number of fused-ring (bicyclic) bond motifs is 2. The molecule has 8 nitrogen and oxygen atoms in total. The Hall–Kier alpha value is -3.78. The van der Waals surface area contributed by atoms with Crippen molar-refractivity contribution in [3.05, 3.63) is 54.5 Å². The molecule has 0 spiro atoms. The number of nitrogens with one attached hydrogen (secondary N) is 3. The molecule has 38 heavy (non-hydrogen) atoms.